The van der Waals surface area contributed by atoms with Gasteiger partial charge < -0.3 is 19.3 Å². The molecule has 45 heavy (non-hydrogen) atoms. The molecule has 1 saturated heterocycles. The van der Waals surface area contributed by atoms with E-state index in [0.29, 0.717) is 5.56 Å². The lowest BCUT2D eigenvalue weighted by molar-refractivity contribution is -0.711. The van der Waals surface area contributed by atoms with Crippen LogP contribution >= 0.6 is 23.1 Å². The minimum atomic E-state index is -6.09. The number of fused-ring (bicyclic) bond motifs is 2. The molecule has 19 heteroatoms. The van der Waals surface area contributed by atoms with Gasteiger partial charge in [-0.05, 0) is 30.9 Å². The molecule has 1 amide bonds. The van der Waals surface area contributed by atoms with Crippen LogP contribution in [0.2, 0.25) is 0 Å². The predicted molar refractivity (Wildman–Crippen MR) is 154 cm³/mol. The Morgan fingerprint density at radius 2 is 1.87 bits per heavy atom. The molecule has 4 heterocycles. The Morgan fingerprint density at radius 1 is 1.29 bits per heavy atom. The predicted octanol–water partition coefficient (Wildman–Crippen LogP) is 3.13. The van der Waals surface area contributed by atoms with Crippen molar-refractivity contribution < 1.29 is 55.1 Å². The fourth-order valence-corrected chi connectivity index (χ4v) is 7.68. The largest absolute Gasteiger partial charge is 0.741 e. The van der Waals surface area contributed by atoms with Crippen molar-refractivity contribution in [2.75, 3.05) is 6.26 Å². The number of rotatable bonds is 7. The number of non-ortho nitro benzene ring substituents is 1. The number of nitro groups is 1. The van der Waals surface area contributed by atoms with Crippen LogP contribution in [0.25, 0.3) is 10.4 Å². The Labute approximate surface area is 262 Å². The molecule has 5 rings (SSSR count). The number of nitrogens with zero attached hydrogens (tertiary/aromatic N) is 4. The van der Waals surface area contributed by atoms with Crippen LogP contribution in [0.3, 0.4) is 0 Å². The van der Waals surface area contributed by atoms with Crippen molar-refractivity contribution in [1.82, 2.24) is 9.30 Å². The first-order chi connectivity index (χ1) is 20.8. The monoisotopic (exact) mass is 692 g/mol. The smallest absolute Gasteiger partial charge is 0.485 e. The van der Waals surface area contributed by atoms with E-state index in [9.17, 15) is 38.0 Å². The first-order valence-electron chi connectivity index (χ1n) is 13.0. The number of carbonyl (C=O) groups is 2. The Kier molecular flexibility index (Phi) is 9.43. The highest BCUT2D eigenvalue weighted by molar-refractivity contribution is 7.98. The summed E-state index contributed by atoms with van der Waals surface area (Å²) < 4.78 is 68.7. The lowest BCUT2D eigenvalue weighted by Crippen LogP contribution is -2.63. The molecule has 0 radical (unpaired) electrons. The number of aromatic nitrogens is 2. The number of hydrogen-bond donors (Lipinski definition) is 1. The van der Waals surface area contributed by atoms with Crippen LogP contribution in [-0.4, -0.2) is 68.1 Å². The van der Waals surface area contributed by atoms with E-state index >= 15 is 0 Å². The quantitative estimate of drug-likeness (QED) is 0.0566. The van der Waals surface area contributed by atoms with Crippen molar-refractivity contribution >= 4 is 61.2 Å². The third kappa shape index (κ3) is 6.18. The van der Waals surface area contributed by atoms with E-state index in [1.807, 2.05) is 33.3 Å². The third-order valence-corrected chi connectivity index (χ3v) is 10.3. The van der Waals surface area contributed by atoms with Crippen molar-refractivity contribution in [1.29, 1.82) is 0 Å². The minimum absolute atomic E-state index is 0.0507. The van der Waals surface area contributed by atoms with Gasteiger partial charge in [0.15, 0.2) is 10.1 Å². The number of esters is 1. The number of carbonyl (C=O) groups excluding carboxylic acids is 2. The second kappa shape index (κ2) is 12.3. The number of amides is 1. The normalized spacial score (nSPS) is 20.4. The van der Waals surface area contributed by atoms with Gasteiger partial charge in [-0.15, -0.1) is 0 Å². The molecule has 0 aliphatic carbocycles. The molecule has 0 saturated carbocycles. The maximum atomic E-state index is 13.5. The van der Waals surface area contributed by atoms with Crippen LogP contribution in [0.15, 0.2) is 41.2 Å². The zero-order valence-electron chi connectivity index (χ0n) is 24.3. The molecule has 1 fully saturated rings. The number of aryl methyl sites for hydroxylation is 1. The van der Waals surface area contributed by atoms with Crippen LogP contribution in [0.5, 0.6) is 0 Å². The lowest BCUT2D eigenvalue weighted by atomic mass is 9.77. The van der Waals surface area contributed by atoms with Gasteiger partial charge in [-0.25, -0.2) is 17.8 Å². The van der Waals surface area contributed by atoms with Crippen LogP contribution in [0, 0.1) is 28.9 Å². The number of aliphatic hydroxyl groups is 1. The number of aliphatic hydroxyl groups excluding tert-OH is 1. The highest BCUT2D eigenvalue weighted by atomic mass is 32.2. The van der Waals surface area contributed by atoms with Gasteiger partial charge in [0.25, 0.3) is 11.5 Å². The maximum Gasteiger partial charge on any atom is 0.485 e. The third-order valence-electron chi connectivity index (χ3n) is 7.62. The van der Waals surface area contributed by atoms with Gasteiger partial charge in [0.2, 0.25) is 15.8 Å². The van der Waals surface area contributed by atoms with Crippen LogP contribution in [0.1, 0.15) is 30.1 Å². The van der Waals surface area contributed by atoms with Gasteiger partial charge >= 0.3 is 11.5 Å². The topological polar surface area (TPSA) is 175 Å². The summed E-state index contributed by atoms with van der Waals surface area (Å²) in [5, 5.41) is 22.3. The van der Waals surface area contributed by atoms with E-state index in [-0.39, 0.29) is 35.9 Å². The van der Waals surface area contributed by atoms with Crippen LogP contribution in [0.4, 0.5) is 18.9 Å². The Morgan fingerprint density at radius 3 is 2.36 bits per heavy atom. The average molecular weight is 693 g/mol. The summed E-state index contributed by atoms with van der Waals surface area (Å²) in [6.45, 7) is 5.50. The average Bonchev–Trinajstić information content (AvgIpc) is 3.54. The standard InChI is InChI=1S/C25H27N4O6S2.CHF3O3S/c1-12-18(17-10-27-14(3)26(4)23(36-5)24(27)37-17)21(28-20(12)19(13(2)30)22(28)31)25(32)35-11-15-6-8-16(9-7-15)29(33)34;2-1(3,4)8(5,6)7/h6-10,12-13,19-20,30H,11H2,1-5H3;(H,5,6,7)/q+1;/p-1/t12-,13+,19+,20+;/m0./s1. The van der Waals surface area contributed by atoms with Crippen LogP contribution < -0.4 is 4.57 Å². The zero-order valence-corrected chi connectivity index (χ0v) is 26.7. The van der Waals surface area contributed by atoms with Gasteiger partial charge in [0, 0.05) is 30.5 Å². The maximum absolute atomic E-state index is 13.5. The van der Waals surface area contributed by atoms with E-state index in [1.165, 1.54) is 29.2 Å². The summed E-state index contributed by atoms with van der Waals surface area (Å²) >= 11 is 3.20. The summed E-state index contributed by atoms with van der Waals surface area (Å²) in [5.74, 6) is -0.659. The number of ether oxygens (including phenoxy) is 1. The number of halogens is 3. The molecule has 2 aliphatic rings. The summed E-state index contributed by atoms with van der Waals surface area (Å²) in [6, 6.07) is 5.45. The van der Waals surface area contributed by atoms with Gasteiger partial charge in [0.05, 0.1) is 34.9 Å². The molecule has 0 spiro atoms. The molecule has 4 atom stereocenters. The molecule has 0 unspecified atom stereocenters. The Hall–Kier alpha value is -3.52. The van der Waals surface area contributed by atoms with E-state index in [4.69, 9.17) is 17.7 Å². The van der Waals surface area contributed by atoms with Gasteiger partial charge in [-0.3, -0.25) is 14.9 Å². The number of hydrogen-bond acceptors (Lipinski definition) is 11. The second-order valence-electron chi connectivity index (χ2n) is 10.3. The molecular formula is C26H27F3N4O9S3. The molecule has 3 aromatic rings. The lowest BCUT2D eigenvalue weighted by Gasteiger charge is -2.46. The van der Waals surface area contributed by atoms with Gasteiger partial charge in [-0.1, -0.05) is 30.0 Å². The highest BCUT2D eigenvalue weighted by Crippen LogP contribution is 2.52. The number of thiazole rings is 1. The summed E-state index contributed by atoms with van der Waals surface area (Å²) in [5.41, 5.74) is -4.16. The Bertz CT molecular complexity index is 1820. The van der Waals surface area contributed by atoms with Crippen molar-refractivity contribution in [3.05, 3.63) is 62.5 Å². The molecule has 2 aromatic heterocycles. The van der Waals surface area contributed by atoms with Crippen molar-refractivity contribution in [2.24, 2.45) is 18.9 Å². The molecule has 1 aromatic carbocycles. The van der Waals surface area contributed by atoms with Crippen LogP contribution in [-0.2, 0) is 38.1 Å². The van der Waals surface area contributed by atoms with Crippen molar-refractivity contribution in [3.8, 4) is 0 Å². The second-order valence-corrected chi connectivity index (χ2v) is 13.5. The fourth-order valence-electron chi connectivity index (χ4n) is 5.36. The molecule has 1 N–H and O–H groups in total. The molecule has 13 nitrogen and oxygen atoms in total. The number of thioether (sulfide) groups is 1. The molecule has 0 bridgehead atoms. The van der Waals surface area contributed by atoms with Gasteiger partial charge in [0.1, 0.15) is 18.5 Å². The molecule has 244 valence electrons. The molecule has 2 aliphatic heterocycles. The summed E-state index contributed by atoms with van der Waals surface area (Å²) in [7, 11) is -4.08. The summed E-state index contributed by atoms with van der Waals surface area (Å²) in [6.07, 6.45) is 3.18. The first kappa shape index (κ1) is 34.4. The number of nitro benzene ring substituents is 1. The first-order valence-corrected chi connectivity index (χ1v) is 16.5. The van der Waals surface area contributed by atoms with Crippen molar-refractivity contribution in [2.45, 2.75) is 50.1 Å². The van der Waals surface area contributed by atoms with Gasteiger partial charge in [-0.2, -0.15) is 17.6 Å². The fraction of sp³-hybridized carbons (Fsp3) is 0.423. The van der Waals surface area contributed by atoms with E-state index in [2.05, 4.69) is 8.97 Å². The minimum Gasteiger partial charge on any atom is -0.741 e. The summed E-state index contributed by atoms with van der Waals surface area (Å²) in [4.78, 5) is 40.4. The SMILES string of the molecule is CSc1c2sc(C3=C(C(=O)OCc4ccc([N+](=O)[O-])cc4)N4C(=O)[C@H]([C@@H](C)O)[C@H]4[C@H]3C)cn2c(C)[n+]1C.O=S(=O)([O-])C(F)(F)F. The zero-order chi connectivity index (χ0) is 33.8. The van der Waals surface area contributed by atoms with E-state index in [1.54, 1.807) is 30.0 Å². The van der Waals surface area contributed by atoms with E-state index in [0.717, 1.165) is 26.1 Å². The van der Waals surface area contributed by atoms with Crippen molar-refractivity contribution in [3.63, 3.8) is 0 Å². The highest BCUT2D eigenvalue weighted by Gasteiger charge is 2.60. The molecular weight excluding hydrogens is 666 g/mol. The number of imidazole rings is 1. The number of alkyl halides is 3. The van der Waals surface area contributed by atoms with E-state index < -0.39 is 38.5 Å². The number of β-lactam (4-membered cyclic amide) rings is 1. The Balaban J connectivity index is 0.000000510. The number of benzene rings is 1.